The number of aromatic amines is 1. The first-order chi connectivity index (χ1) is 11.1. The Kier molecular flexibility index (Phi) is 4.24. The number of nitrogens with one attached hydrogen (secondary N) is 1. The molecule has 122 valence electrons. The number of ether oxygens (including phenoxy) is 1. The van der Waals surface area contributed by atoms with Crippen LogP contribution in [0.5, 0.6) is 0 Å². The van der Waals surface area contributed by atoms with E-state index in [1.807, 2.05) is 13.8 Å². The van der Waals surface area contributed by atoms with Crippen molar-refractivity contribution in [3.8, 4) is 0 Å². The highest BCUT2D eigenvalue weighted by Crippen LogP contribution is 2.24. The van der Waals surface area contributed by atoms with Gasteiger partial charge in [-0.05, 0) is 13.8 Å². The van der Waals surface area contributed by atoms with Crippen molar-refractivity contribution in [2.24, 2.45) is 0 Å². The van der Waals surface area contributed by atoms with Crippen LogP contribution in [0.4, 0.5) is 5.82 Å². The fourth-order valence-corrected chi connectivity index (χ4v) is 2.75. The van der Waals surface area contributed by atoms with Crippen molar-refractivity contribution in [2.45, 2.75) is 26.4 Å². The van der Waals surface area contributed by atoms with Crippen LogP contribution < -0.4 is 5.73 Å². The molecule has 1 amide bonds. The zero-order valence-electron chi connectivity index (χ0n) is 13.2. The molecule has 0 unspecified atom stereocenters. The van der Waals surface area contributed by atoms with Gasteiger partial charge in [-0.2, -0.15) is 5.10 Å². The van der Waals surface area contributed by atoms with E-state index >= 15 is 0 Å². The smallest absolute Gasteiger partial charge is 0.227 e. The molecule has 1 aliphatic heterocycles. The van der Waals surface area contributed by atoms with Crippen LogP contribution in [-0.4, -0.2) is 50.7 Å². The van der Waals surface area contributed by atoms with E-state index in [0.29, 0.717) is 37.6 Å². The summed E-state index contributed by atoms with van der Waals surface area (Å²) in [6.07, 6.45) is 3.10. The van der Waals surface area contributed by atoms with Crippen LogP contribution in [0.25, 0.3) is 0 Å². The Morgan fingerprint density at radius 3 is 2.91 bits per heavy atom. The summed E-state index contributed by atoms with van der Waals surface area (Å²) in [6, 6.07) is 0. The van der Waals surface area contributed by atoms with Crippen molar-refractivity contribution >= 4 is 11.7 Å². The number of nitrogens with zero attached hydrogens (tertiary/aromatic N) is 4. The zero-order chi connectivity index (χ0) is 16.4. The summed E-state index contributed by atoms with van der Waals surface area (Å²) in [5.41, 5.74) is 9.18. The number of nitrogen functional groups attached to an aromatic ring is 1. The van der Waals surface area contributed by atoms with Gasteiger partial charge in [0, 0.05) is 30.2 Å². The molecule has 0 spiro atoms. The molecule has 3 N–H and O–H groups in total. The van der Waals surface area contributed by atoms with E-state index in [1.54, 1.807) is 11.1 Å². The third kappa shape index (κ3) is 3.16. The van der Waals surface area contributed by atoms with E-state index in [9.17, 15) is 4.79 Å². The van der Waals surface area contributed by atoms with E-state index in [4.69, 9.17) is 10.5 Å². The summed E-state index contributed by atoms with van der Waals surface area (Å²) in [7, 11) is 0. The Morgan fingerprint density at radius 1 is 1.43 bits per heavy atom. The first-order valence-corrected chi connectivity index (χ1v) is 7.52. The molecule has 1 aliphatic rings. The van der Waals surface area contributed by atoms with Gasteiger partial charge in [0.05, 0.1) is 25.3 Å². The summed E-state index contributed by atoms with van der Waals surface area (Å²) >= 11 is 0. The Hall–Kier alpha value is -2.48. The zero-order valence-corrected chi connectivity index (χ0v) is 13.2. The Balaban J connectivity index is 1.71. The lowest BCUT2D eigenvalue weighted by Crippen LogP contribution is -2.43. The summed E-state index contributed by atoms with van der Waals surface area (Å²) in [6.45, 7) is 5.26. The van der Waals surface area contributed by atoms with Gasteiger partial charge in [-0.3, -0.25) is 14.9 Å². The van der Waals surface area contributed by atoms with E-state index in [0.717, 1.165) is 17.0 Å². The first-order valence-electron chi connectivity index (χ1n) is 7.52. The highest BCUT2D eigenvalue weighted by molar-refractivity contribution is 5.79. The number of hydrogen-bond acceptors (Lipinski definition) is 6. The largest absolute Gasteiger partial charge is 0.382 e. The van der Waals surface area contributed by atoms with E-state index in [1.165, 1.54) is 6.20 Å². The molecule has 2 aromatic rings. The predicted octanol–water partition coefficient (Wildman–Crippen LogP) is 0.541. The number of aryl methyl sites for hydroxylation is 2. The molecule has 8 heteroatoms. The van der Waals surface area contributed by atoms with Crippen molar-refractivity contribution in [1.82, 2.24) is 25.1 Å². The standard InChI is InChI=1S/C15H20N6O2/c1-9-11(10(2)20-19-9)7-13(22)21-5-6-23-12(8-21)14-15(16)18-4-3-17-14/h3-4,12H,5-8H2,1-2H3,(H2,16,18)(H,19,20)/t12-/m0/s1. The van der Waals surface area contributed by atoms with Gasteiger partial charge < -0.3 is 15.4 Å². The number of rotatable bonds is 3. The maximum absolute atomic E-state index is 12.6. The summed E-state index contributed by atoms with van der Waals surface area (Å²) in [4.78, 5) is 22.6. The molecule has 0 radical (unpaired) electrons. The Morgan fingerprint density at radius 2 is 2.22 bits per heavy atom. The second-order valence-corrected chi connectivity index (χ2v) is 5.62. The highest BCUT2D eigenvalue weighted by Gasteiger charge is 2.28. The van der Waals surface area contributed by atoms with Crippen molar-refractivity contribution in [2.75, 3.05) is 25.4 Å². The third-order valence-corrected chi connectivity index (χ3v) is 4.09. The fourth-order valence-electron chi connectivity index (χ4n) is 2.75. The minimum atomic E-state index is -0.340. The molecular formula is C15H20N6O2. The summed E-state index contributed by atoms with van der Waals surface area (Å²) in [5.74, 6) is 0.390. The number of morpholine rings is 1. The van der Waals surface area contributed by atoms with Gasteiger partial charge in [0.15, 0.2) is 0 Å². The second-order valence-electron chi connectivity index (χ2n) is 5.62. The molecule has 1 saturated heterocycles. The van der Waals surface area contributed by atoms with Crippen LogP contribution in [-0.2, 0) is 16.0 Å². The van der Waals surface area contributed by atoms with E-state index < -0.39 is 0 Å². The summed E-state index contributed by atoms with van der Waals surface area (Å²) < 4.78 is 5.71. The molecular weight excluding hydrogens is 296 g/mol. The lowest BCUT2D eigenvalue weighted by Gasteiger charge is -2.33. The monoisotopic (exact) mass is 316 g/mol. The van der Waals surface area contributed by atoms with Crippen molar-refractivity contribution < 1.29 is 9.53 Å². The van der Waals surface area contributed by atoms with Crippen LogP contribution in [0, 0.1) is 13.8 Å². The lowest BCUT2D eigenvalue weighted by atomic mass is 10.1. The van der Waals surface area contributed by atoms with Gasteiger partial charge in [-0.15, -0.1) is 0 Å². The minimum absolute atomic E-state index is 0.0494. The number of nitrogens with two attached hydrogens (primary N) is 1. The van der Waals surface area contributed by atoms with Crippen molar-refractivity contribution in [1.29, 1.82) is 0 Å². The first kappa shape index (κ1) is 15.4. The molecule has 3 rings (SSSR count). The van der Waals surface area contributed by atoms with Crippen LogP contribution in [0.15, 0.2) is 12.4 Å². The lowest BCUT2D eigenvalue weighted by molar-refractivity contribution is -0.138. The number of carbonyl (C=O) groups is 1. The Labute approximate surface area is 134 Å². The average Bonchev–Trinajstić information content (AvgIpc) is 2.87. The molecule has 1 fully saturated rings. The number of hydrogen-bond donors (Lipinski definition) is 2. The number of amides is 1. The number of carbonyl (C=O) groups excluding carboxylic acids is 1. The maximum atomic E-state index is 12.6. The van der Waals surface area contributed by atoms with Gasteiger partial charge in [-0.25, -0.2) is 4.98 Å². The fraction of sp³-hybridized carbons (Fsp3) is 0.467. The summed E-state index contributed by atoms with van der Waals surface area (Å²) in [5, 5.41) is 7.04. The molecule has 0 aromatic carbocycles. The molecule has 8 nitrogen and oxygen atoms in total. The van der Waals surface area contributed by atoms with Crippen molar-refractivity contribution in [3.05, 3.63) is 35.0 Å². The molecule has 0 saturated carbocycles. The van der Waals surface area contributed by atoms with Crippen LogP contribution >= 0.6 is 0 Å². The predicted molar refractivity (Wildman–Crippen MR) is 83.5 cm³/mol. The average molecular weight is 316 g/mol. The van der Waals surface area contributed by atoms with Gasteiger partial charge >= 0.3 is 0 Å². The Bertz CT molecular complexity index is 694. The molecule has 2 aromatic heterocycles. The van der Waals surface area contributed by atoms with Gasteiger partial charge in [0.25, 0.3) is 0 Å². The molecule has 0 bridgehead atoms. The van der Waals surface area contributed by atoms with E-state index in [2.05, 4.69) is 20.2 Å². The third-order valence-electron chi connectivity index (χ3n) is 4.09. The quantitative estimate of drug-likeness (QED) is 0.855. The van der Waals surface area contributed by atoms with Crippen molar-refractivity contribution in [3.63, 3.8) is 0 Å². The van der Waals surface area contributed by atoms with E-state index in [-0.39, 0.29) is 12.0 Å². The highest BCUT2D eigenvalue weighted by atomic mass is 16.5. The number of anilines is 1. The van der Waals surface area contributed by atoms with Crippen LogP contribution in [0.3, 0.4) is 0 Å². The minimum Gasteiger partial charge on any atom is -0.382 e. The number of aromatic nitrogens is 4. The SMILES string of the molecule is Cc1n[nH]c(C)c1CC(=O)N1CCO[C@H](c2nccnc2N)C1. The molecule has 1 atom stereocenters. The molecule has 23 heavy (non-hydrogen) atoms. The number of H-pyrrole nitrogens is 1. The van der Waals surface area contributed by atoms with Gasteiger partial charge in [-0.1, -0.05) is 0 Å². The van der Waals surface area contributed by atoms with Gasteiger partial charge in [0.1, 0.15) is 17.6 Å². The second kappa shape index (κ2) is 6.33. The molecule has 0 aliphatic carbocycles. The molecule has 3 heterocycles. The van der Waals surface area contributed by atoms with Gasteiger partial charge in [0.2, 0.25) is 5.91 Å². The normalized spacial score (nSPS) is 18.2. The van der Waals surface area contributed by atoms with Crippen LogP contribution in [0.1, 0.15) is 28.7 Å². The maximum Gasteiger partial charge on any atom is 0.227 e. The topological polar surface area (TPSA) is 110 Å². The van der Waals surface area contributed by atoms with Crippen LogP contribution in [0.2, 0.25) is 0 Å².